The highest BCUT2D eigenvalue weighted by Crippen LogP contribution is 2.14. The highest BCUT2D eigenvalue weighted by atomic mass is 35.5. The molecule has 0 aliphatic heterocycles. The van der Waals surface area contributed by atoms with Gasteiger partial charge in [-0.1, -0.05) is 89.0 Å². The summed E-state index contributed by atoms with van der Waals surface area (Å²) < 4.78 is 1.07. The van der Waals surface area contributed by atoms with E-state index >= 15 is 0 Å². The van der Waals surface area contributed by atoms with Crippen molar-refractivity contribution in [3.8, 4) is 0 Å². The van der Waals surface area contributed by atoms with Crippen LogP contribution in [-0.4, -0.2) is 25.1 Å². The Morgan fingerprint density at radius 1 is 0.640 bits per heavy atom. The SMILES string of the molecule is CCCCCCCCCCCCc1ccc(C[N+](C)(C)CC)cc1.[Cl-]. The van der Waals surface area contributed by atoms with Crippen LogP contribution < -0.4 is 12.4 Å². The molecule has 0 aromatic heterocycles. The molecule has 1 nitrogen and oxygen atoms in total. The summed E-state index contributed by atoms with van der Waals surface area (Å²) in [5.41, 5.74) is 2.98. The van der Waals surface area contributed by atoms with Crippen LogP contribution in [0.5, 0.6) is 0 Å². The Bertz CT molecular complexity index is 411. The van der Waals surface area contributed by atoms with Gasteiger partial charge in [0.05, 0.1) is 20.6 Å². The van der Waals surface area contributed by atoms with Crippen molar-refractivity contribution in [1.82, 2.24) is 0 Å². The van der Waals surface area contributed by atoms with Gasteiger partial charge in [0.1, 0.15) is 6.54 Å². The summed E-state index contributed by atoms with van der Waals surface area (Å²) in [6, 6.07) is 9.36. The number of halogens is 1. The van der Waals surface area contributed by atoms with Crippen LogP contribution in [0.3, 0.4) is 0 Å². The minimum Gasteiger partial charge on any atom is -1.00 e. The molecule has 25 heavy (non-hydrogen) atoms. The molecule has 0 bridgehead atoms. The normalized spacial score (nSPS) is 11.4. The fraction of sp³-hybridized carbons (Fsp3) is 0.739. The first kappa shape index (κ1) is 24.5. The van der Waals surface area contributed by atoms with Crippen molar-refractivity contribution in [2.45, 2.75) is 91.0 Å². The Morgan fingerprint density at radius 3 is 1.56 bits per heavy atom. The first-order chi connectivity index (χ1) is 11.6. The Morgan fingerprint density at radius 2 is 1.08 bits per heavy atom. The van der Waals surface area contributed by atoms with Gasteiger partial charge < -0.3 is 16.9 Å². The van der Waals surface area contributed by atoms with Crippen LogP contribution in [0.2, 0.25) is 0 Å². The molecule has 1 rings (SSSR count). The van der Waals surface area contributed by atoms with Crippen LogP contribution in [0, 0.1) is 0 Å². The molecule has 0 atom stereocenters. The van der Waals surface area contributed by atoms with Crippen molar-refractivity contribution in [1.29, 1.82) is 0 Å². The van der Waals surface area contributed by atoms with Crippen LogP contribution >= 0.6 is 0 Å². The molecular weight excluding hydrogens is 326 g/mol. The van der Waals surface area contributed by atoms with Crippen molar-refractivity contribution in [3.05, 3.63) is 35.4 Å². The van der Waals surface area contributed by atoms with E-state index < -0.39 is 0 Å². The fourth-order valence-corrected chi connectivity index (χ4v) is 3.23. The minimum atomic E-state index is 0. The van der Waals surface area contributed by atoms with E-state index in [1.807, 2.05) is 0 Å². The van der Waals surface area contributed by atoms with E-state index in [0.29, 0.717) is 0 Å². The lowest BCUT2D eigenvalue weighted by Gasteiger charge is -2.28. The van der Waals surface area contributed by atoms with Gasteiger partial charge in [-0.25, -0.2) is 0 Å². The van der Waals surface area contributed by atoms with Crippen LogP contribution in [0.4, 0.5) is 0 Å². The van der Waals surface area contributed by atoms with Gasteiger partial charge in [-0.2, -0.15) is 0 Å². The van der Waals surface area contributed by atoms with Gasteiger partial charge in [0.15, 0.2) is 0 Å². The summed E-state index contributed by atoms with van der Waals surface area (Å²) in [4.78, 5) is 0. The second kappa shape index (κ2) is 14.6. The molecule has 0 aliphatic rings. The van der Waals surface area contributed by atoms with Gasteiger partial charge in [0, 0.05) is 5.56 Å². The van der Waals surface area contributed by atoms with Gasteiger partial charge in [0.2, 0.25) is 0 Å². The predicted molar refractivity (Wildman–Crippen MR) is 108 cm³/mol. The maximum absolute atomic E-state index is 2.35. The molecule has 2 heteroatoms. The minimum absolute atomic E-state index is 0. The summed E-state index contributed by atoms with van der Waals surface area (Å²) >= 11 is 0. The van der Waals surface area contributed by atoms with E-state index in [1.165, 1.54) is 88.3 Å². The molecule has 0 saturated heterocycles. The van der Waals surface area contributed by atoms with Crippen LogP contribution in [0.1, 0.15) is 89.2 Å². The molecule has 1 aromatic carbocycles. The van der Waals surface area contributed by atoms with Crippen molar-refractivity contribution in [2.24, 2.45) is 0 Å². The average molecular weight is 368 g/mol. The summed E-state index contributed by atoms with van der Waals surface area (Å²) in [6.45, 7) is 6.87. The number of nitrogens with zero attached hydrogens (tertiary/aromatic N) is 1. The maximum atomic E-state index is 2.35. The van der Waals surface area contributed by atoms with Crippen LogP contribution in [0.25, 0.3) is 0 Å². The molecule has 0 radical (unpaired) electrons. The standard InChI is InChI=1S/C23H42N.ClH/c1-5-7-8-9-10-11-12-13-14-15-16-22-17-19-23(20-18-22)21-24(3,4)6-2;/h17-20H,5-16,21H2,1-4H3;1H/q+1;/p-1. The third-order valence-corrected chi connectivity index (χ3v) is 5.31. The number of rotatable bonds is 14. The van der Waals surface area contributed by atoms with Crippen molar-refractivity contribution in [2.75, 3.05) is 20.6 Å². The molecule has 0 aliphatic carbocycles. The van der Waals surface area contributed by atoms with Gasteiger partial charge >= 0.3 is 0 Å². The summed E-state index contributed by atoms with van der Waals surface area (Å²) in [5.74, 6) is 0. The van der Waals surface area contributed by atoms with E-state index in [4.69, 9.17) is 0 Å². The van der Waals surface area contributed by atoms with Crippen molar-refractivity contribution >= 4 is 0 Å². The molecule has 0 unspecified atom stereocenters. The van der Waals surface area contributed by atoms with E-state index in [-0.39, 0.29) is 12.4 Å². The number of hydrogen-bond acceptors (Lipinski definition) is 0. The highest BCUT2D eigenvalue weighted by Gasteiger charge is 2.12. The molecule has 146 valence electrons. The van der Waals surface area contributed by atoms with Gasteiger partial charge in [-0.05, 0) is 25.3 Å². The van der Waals surface area contributed by atoms with Crippen molar-refractivity contribution in [3.63, 3.8) is 0 Å². The Hall–Kier alpha value is -0.530. The Balaban J connectivity index is 0.00000576. The third-order valence-electron chi connectivity index (χ3n) is 5.31. The average Bonchev–Trinajstić information content (AvgIpc) is 2.58. The molecule has 0 N–H and O–H groups in total. The van der Waals surface area contributed by atoms with E-state index in [2.05, 4.69) is 52.2 Å². The smallest absolute Gasteiger partial charge is 0.104 e. The second-order valence-corrected chi connectivity index (χ2v) is 8.16. The van der Waals surface area contributed by atoms with Gasteiger partial charge in [-0.3, -0.25) is 0 Å². The number of hydrogen-bond donors (Lipinski definition) is 0. The van der Waals surface area contributed by atoms with Gasteiger partial charge in [0.25, 0.3) is 0 Å². The number of quaternary nitrogens is 1. The maximum Gasteiger partial charge on any atom is 0.104 e. The zero-order valence-corrected chi connectivity index (χ0v) is 18.1. The summed E-state index contributed by atoms with van der Waals surface area (Å²) in [6.07, 6.45) is 15.4. The molecule has 0 amide bonds. The lowest BCUT2D eigenvalue weighted by atomic mass is 10.0. The third kappa shape index (κ3) is 12.5. The summed E-state index contributed by atoms with van der Waals surface area (Å²) in [7, 11) is 4.61. The summed E-state index contributed by atoms with van der Waals surface area (Å²) in [5, 5.41) is 0. The zero-order chi connectivity index (χ0) is 17.7. The molecule has 0 saturated carbocycles. The highest BCUT2D eigenvalue weighted by molar-refractivity contribution is 5.22. The molecule has 0 spiro atoms. The number of unbranched alkanes of at least 4 members (excludes halogenated alkanes) is 9. The molecular formula is C23H42ClN. The first-order valence-electron chi connectivity index (χ1n) is 10.5. The van der Waals surface area contributed by atoms with Crippen LogP contribution in [0.15, 0.2) is 24.3 Å². The topological polar surface area (TPSA) is 0 Å². The second-order valence-electron chi connectivity index (χ2n) is 8.16. The first-order valence-corrected chi connectivity index (χ1v) is 10.5. The van der Waals surface area contributed by atoms with E-state index in [9.17, 15) is 0 Å². The van der Waals surface area contributed by atoms with E-state index in [0.717, 1.165) is 11.0 Å². The molecule has 1 aromatic rings. The quantitative estimate of drug-likeness (QED) is 0.347. The molecule has 0 fully saturated rings. The predicted octanol–water partition coefficient (Wildman–Crippen LogP) is 3.75. The largest absolute Gasteiger partial charge is 1.00 e. The zero-order valence-electron chi connectivity index (χ0n) is 17.3. The van der Waals surface area contributed by atoms with Crippen molar-refractivity contribution < 1.29 is 16.9 Å². The Kier molecular flexibility index (Phi) is 14.3. The van der Waals surface area contributed by atoms with E-state index in [1.54, 1.807) is 0 Å². The number of benzene rings is 1. The van der Waals surface area contributed by atoms with Gasteiger partial charge in [-0.15, -0.1) is 0 Å². The monoisotopic (exact) mass is 367 g/mol. The Labute approximate surface area is 164 Å². The lowest BCUT2D eigenvalue weighted by molar-refractivity contribution is -0.901. The fourth-order valence-electron chi connectivity index (χ4n) is 3.23. The number of aryl methyl sites for hydroxylation is 1. The van der Waals surface area contributed by atoms with Crippen LogP contribution in [-0.2, 0) is 13.0 Å². The molecule has 0 heterocycles. The lowest BCUT2D eigenvalue weighted by Crippen LogP contribution is -3.00.